The first-order valence-corrected chi connectivity index (χ1v) is 13.2. The third-order valence-corrected chi connectivity index (χ3v) is 7.32. The smallest absolute Gasteiger partial charge is 0.328 e. The molecule has 4 amide bonds. The van der Waals surface area contributed by atoms with Crippen molar-refractivity contribution in [1.82, 2.24) is 15.1 Å². The summed E-state index contributed by atoms with van der Waals surface area (Å²) in [6.07, 6.45) is 0.783. The SMILES string of the molecule is CCc1ccc2c(c1)N(C(=O)NC)C(=O)C2=C(Nc1ccc(C(=O)N2CCN(C)CC2)cc1)c1ccccc1. The Morgan fingerprint density at radius 1 is 0.872 bits per heavy atom. The first kappa shape index (κ1) is 26.2. The van der Waals surface area contributed by atoms with E-state index in [0.717, 1.165) is 36.3 Å². The van der Waals surface area contributed by atoms with Crippen LogP contribution < -0.4 is 15.5 Å². The molecule has 200 valence electrons. The predicted octanol–water partition coefficient (Wildman–Crippen LogP) is 4.30. The topological polar surface area (TPSA) is 85.0 Å². The standard InChI is InChI=1S/C31H33N5O3/c1-4-21-10-15-25-26(20-21)36(31(39)32-2)30(38)27(25)28(22-8-6-5-7-9-22)33-24-13-11-23(12-14-24)29(37)35-18-16-34(3)17-19-35/h5-15,20,33H,4,16-19H2,1-3H3,(H,32,39). The highest BCUT2D eigenvalue weighted by Gasteiger charge is 2.39. The summed E-state index contributed by atoms with van der Waals surface area (Å²) in [7, 11) is 3.58. The van der Waals surface area contributed by atoms with E-state index >= 15 is 0 Å². The Bertz CT molecular complexity index is 1420. The summed E-state index contributed by atoms with van der Waals surface area (Å²) in [5.41, 5.74) is 5.46. The van der Waals surface area contributed by atoms with Crippen molar-refractivity contribution in [2.45, 2.75) is 13.3 Å². The van der Waals surface area contributed by atoms with Gasteiger partial charge in [0.15, 0.2) is 0 Å². The second-order valence-electron chi connectivity index (χ2n) is 9.81. The molecule has 8 heteroatoms. The number of imide groups is 1. The van der Waals surface area contributed by atoms with Gasteiger partial charge in [-0.15, -0.1) is 0 Å². The molecule has 8 nitrogen and oxygen atoms in total. The van der Waals surface area contributed by atoms with Crippen molar-refractivity contribution in [3.63, 3.8) is 0 Å². The van der Waals surface area contributed by atoms with Crippen LogP contribution >= 0.6 is 0 Å². The van der Waals surface area contributed by atoms with Gasteiger partial charge < -0.3 is 20.4 Å². The number of fused-ring (bicyclic) bond motifs is 1. The number of urea groups is 1. The fraction of sp³-hybridized carbons (Fsp3) is 0.258. The number of aryl methyl sites for hydroxylation is 1. The highest BCUT2D eigenvalue weighted by molar-refractivity contribution is 6.43. The number of amides is 4. The number of nitrogens with zero attached hydrogens (tertiary/aromatic N) is 3. The van der Waals surface area contributed by atoms with E-state index in [2.05, 4.69) is 22.6 Å². The number of piperazine rings is 1. The molecule has 0 spiro atoms. The van der Waals surface area contributed by atoms with Crippen molar-refractivity contribution < 1.29 is 14.4 Å². The van der Waals surface area contributed by atoms with E-state index in [1.165, 1.54) is 11.9 Å². The Hall–Kier alpha value is -4.43. The van der Waals surface area contributed by atoms with Gasteiger partial charge in [0.1, 0.15) is 0 Å². The maximum absolute atomic E-state index is 13.8. The number of likely N-dealkylation sites (N-methyl/N-ethyl adjacent to an activating group) is 1. The second-order valence-corrected chi connectivity index (χ2v) is 9.81. The summed E-state index contributed by atoms with van der Waals surface area (Å²) in [4.78, 5) is 45.0. The van der Waals surface area contributed by atoms with E-state index in [0.29, 0.717) is 41.2 Å². The van der Waals surface area contributed by atoms with Crippen molar-refractivity contribution in [2.24, 2.45) is 0 Å². The van der Waals surface area contributed by atoms with Gasteiger partial charge >= 0.3 is 6.03 Å². The minimum atomic E-state index is -0.483. The first-order valence-electron chi connectivity index (χ1n) is 13.2. The lowest BCUT2D eigenvalue weighted by atomic mass is 9.98. The summed E-state index contributed by atoms with van der Waals surface area (Å²) in [5, 5.41) is 6.03. The summed E-state index contributed by atoms with van der Waals surface area (Å²) in [5.74, 6) is -0.380. The van der Waals surface area contributed by atoms with Crippen molar-refractivity contribution in [3.05, 3.63) is 95.1 Å². The van der Waals surface area contributed by atoms with Gasteiger partial charge in [-0.25, -0.2) is 9.69 Å². The van der Waals surface area contributed by atoms with E-state index in [4.69, 9.17) is 0 Å². The summed E-state index contributed by atoms with van der Waals surface area (Å²) in [6, 6.07) is 22.2. The summed E-state index contributed by atoms with van der Waals surface area (Å²) < 4.78 is 0. The van der Waals surface area contributed by atoms with Crippen LogP contribution in [0, 0.1) is 0 Å². The van der Waals surface area contributed by atoms with Gasteiger partial charge in [-0.3, -0.25) is 9.59 Å². The summed E-state index contributed by atoms with van der Waals surface area (Å²) in [6.45, 7) is 5.18. The Labute approximate surface area is 228 Å². The van der Waals surface area contributed by atoms with Gasteiger partial charge in [0.25, 0.3) is 11.8 Å². The molecule has 2 aliphatic heterocycles. The van der Waals surface area contributed by atoms with Crippen LogP contribution in [0.2, 0.25) is 0 Å². The van der Waals surface area contributed by atoms with Crippen molar-refractivity contribution in [1.29, 1.82) is 0 Å². The van der Waals surface area contributed by atoms with Gasteiger partial charge in [-0.2, -0.15) is 0 Å². The number of hydrogen-bond acceptors (Lipinski definition) is 5. The van der Waals surface area contributed by atoms with Crippen LogP contribution in [-0.4, -0.2) is 67.9 Å². The molecule has 0 aromatic heterocycles. The van der Waals surface area contributed by atoms with Crippen LogP contribution in [0.15, 0.2) is 72.8 Å². The zero-order valence-corrected chi connectivity index (χ0v) is 22.5. The molecular weight excluding hydrogens is 490 g/mol. The molecule has 3 aromatic carbocycles. The highest BCUT2D eigenvalue weighted by atomic mass is 16.2. The molecule has 0 aliphatic carbocycles. The largest absolute Gasteiger partial charge is 0.354 e. The first-order chi connectivity index (χ1) is 18.9. The minimum Gasteiger partial charge on any atom is -0.354 e. The van der Waals surface area contributed by atoms with E-state index in [-0.39, 0.29) is 5.91 Å². The van der Waals surface area contributed by atoms with E-state index in [9.17, 15) is 14.4 Å². The van der Waals surface area contributed by atoms with Gasteiger partial charge in [-0.05, 0) is 54.9 Å². The molecule has 2 heterocycles. The molecule has 0 saturated carbocycles. The molecule has 39 heavy (non-hydrogen) atoms. The van der Waals surface area contributed by atoms with Gasteiger partial charge in [-0.1, -0.05) is 49.4 Å². The van der Waals surface area contributed by atoms with Gasteiger partial charge in [0.05, 0.1) is 17.0 Å². The maximum Gasteiger partial charge on any atom is 0.328 e. The number of carbonyl (C=O) groups is 3. The average molecular weight is 524 g/mol. The van der Waals surface area contributed by atoms with E-state index in [1.54, 1.807) is 0 Å². The molecule has 0 unspecified atom stereocenters. The van der Waals surface area contributed by atoms with Crippen LogP contribution in [0.25, 0.3) is 11.3 Å². The van der Waals surface area contributed by atoms with E-state index in [1.807, 2.05) is 84.6 Å². The Morgan fingerprint density at radius 2 is 1.56 bits per heavy atom. The lowest BCUT2D eigenvalue weighted by Gasteiger charge is -2.32. The average Bonchev–Trinajstić information content (AvgIpc) is 3.26. The molecule has 5 rings (SSSR count). The normalized spacial score (nSPS) is 16.6. The van der Waals surface area contributed by atoms with Gasteiger partial charge in [0, 0.05) is 50.0 Å². The third kappa shape index (κ3) is 5.15. The van der Waals surface area contributed by atoms with E-state index < -0.39 is 11.9 Å². The maximum atomic E-state index is 13.8. The molecule has 3 aromatic rings. The quantitative estimate of drug-likeness (QED) is 0.487. The van der Waals surface area contributed by atoms with Crippen molar-refractivity contribution in [2.75, 3.05) is 50.5 Å². The fourth-order valence-electron chi connectivity index (χ4n) is 5.00. The Morgan fingerprint density at radius 3 is 2.21 bits per heavy atom. The third-order valence-electron chi connectivity index (χ3n) is 7.32. The predicted molar refractivity (Wildman–Crippen MR) is 154 cm³/mol. The molecule has 1 saturated heterocycles. The summed E-state index contributed by atoms with van der Waals surface area (Å²) >= 11 is 0. The number of anilines is 2. The number of rotatable bonds is 5. The Balaban J connectivity index is 1.54. The van der Waals surface area contributed by atoms with Crippen LogP contribution in [0.4, 0.5) is 16.2 Å². The molecule has 2 N–H and O–H groups in total. The molecule has 1 fully saturated rings. The molecule has 0 atom stereocenters. The molecule has 0 radical (unpaired) electrons. The number of nitrogens with one attached hydrogen (secondary N) is 2. The Kier molecular flexibility index (Phi) is 7.47. The zero-order chi connectivity index (χ0) is 27.5. The van der Waals surface area contributed by atoms with Crippen LogP contribution in [0.5, 0.6) is 0 Å². The lowest BCUT2D eigenvalue weighted by molar-refractivity contribution is -0.112. The zero-order valence-electron chi connectivity index (χ0n) is 22.5. The minimum absolute atomic E-state index is 0.0177. The van der Waals surface area contributed by atoms with Crippen LogP contribution in [0.1, 0.15) is 34.0 Å². The number of benzene rings is 3. The fourth-order valence-corrected chi connectivity index (χ4v) is 5.00. The number of hydrogen-bond donors (Lipinski definition) is 2. The number of carbonyl (C=O) groups excluding carboxylic acids is 3. The van der Waals surface area contributed by atoms with Gasteiger partial charge in [0.2, 0.25) is 0 Å². The van der Waals surface area contributed by atoms with Crippen LogP contribution in [0.3, 0.4) is 0 Å². The molecule has 0 bridgehead atoms. The molecular formula is C31H33N5O3. The monoisotopic (exact) mass is 523 g/mol. The van der Waals surface area contributed by atoms with Crippen molar-refractivity contribution in [3.8, 4) is 0 Å². The van der Waals surface area contributed by atoms with Crippen molar-refractivity contribution >= 4 is 40.5 Å². The molecule has 2 aliphatic rings. The lowest BCUT2D eigenvalue weighted by Crippen LogP contribution is -2.47. The highest BCUT2D eigenvalue weighted by Crippen LogP contribution is 2.42. The van der Waals surface area contributed by atoms with Crippen LogP contribution in [-0.2, 0) is 11.2 Å². The second kappa shape index (κ2) is 11.1.